The molecule has 13 nitrogen and oxygen atoms in total. The predicted octanol–water partition coefficient (Wildman–Crippen LogP) is 2.19. The molecule has 3 aromatic rings. The van der Waals surface area contributed by atoms with E-state index in [-0.39, 0.29) is 67.7 Å². The van der Waals surface area contributed by atoms with E-state index in [0.717, 1.165) is 34.9 Å². The Morgan fingerprint density at radius 2 is 1.86 bits per heavy atom. The van der Waals surface area contributed by atoms with Crippen molar-refractivity contribution in [3.05, 3.63) is 56.4 Å². The van der Waals surface area contributed by atoms with E-state index in [9.17, 15) is 29.1 Å². The van der Waals surface area contributed by atoms with E-state index >= 15 is 0 Å². The average Bonchev–Trinajstić information content (AvgIpc) is 3.47. The van der Waals surface area contributed by atoms with Gasteiger partial charge in [0.1, 0.15) is 25.3 Å². The molecule has 50 heavy (non-hydrogen) atoms. The number of nitrogens with one attached hydrogen (secondary N) is 3. The Hall–Kier alpha value is -5.06. The van der Waals surface area contributed by atoms with Crippen LogP contribution in [0.15, 0.2) is 23.0 Å². The first kappa shape index (κ1) is 34.8. The summed E-state index contributed by atoms with van der Waals surface area (Å²) in [5.41, 5.74) is 3.67. The number of terminal acetylenes is 1. The highest BCUT2D eigenvalue weighted by molar-refractivity contribution is 6.02. The molecule has 3 aliphatic rings. The molecular weight excluding hydrogens is 642 g/mol. The molecule has 1 aromatic carbocycles. The molecule has 4 N–H and O–H groups in total. The molecule has 1 aliphatic carbocycles. The number of benzene rings is 1. The van der Waals surface area contributed by atoms with Crippen molar-refractivity contribution in [3.8, 4) is 23.7 Å². The number of pyridine rings is 2. The van der Waals surface area contributed by atoms with Crippen LogP contribution in [-0.4, -0.2) is 63.6 Å². The number of aliphatic hydroxyl groups is 1. The Morgan fingerprint density at radius 3 is 2.58 bits per heavy atom. The smallest absolute Gasteiger partial charge is 0.343 e. The Kier molecular flexibility index (Phi) is 9.52. The number of carbonyl (C=O) groups excluding carboxylic acids is 4. The second-order valence-corrected chi connectivity index (χ2v) is 13.4. The normalized spacial score (nSPS) is 18.3. The third-order valence-electron chi connectivity index (χ3n) is 9.86. The zero-order chi connectivity index (χ0) is 35.9. The summed E-state index contributed by atoms with van der Waals surface area (Å²) in [5.74, 6) is 0.0618. The van der Waals surface area contributed by atoms with Crippen LogP contribution in [0, 0.1) is 18.3 Å². The maximum atomic E-state index is 13.7. The molecule has 0 bridgehead atoms. The van der Waals surface area contributed by atoms with Crippen LogP contribution in [0.4, 0.5) is 5.69 Å². The molecule has 0 spiro atoms. The number of carbonyl (C=O) groups is 4. The lowest BCUT2D eigenvalue weighted by molar-refractivity contribution is -0.172. The van der Waals surface area contributed by atoms with Crippen LogP contribution in [0.3, 0.4) is 0 Å². The van der Waals surface area contributed by atoms with Gasteiger partial charge in [-0.05, 0) is 67.9 Å². The van der Waals surface area contributed by atoms with Gasteiger partial charge in [0.15, 0.2) is 5.60 Å². The molecule has 3 amide bonds. The topological polar surface area (TPSA) is 178 Å². The van der Waals surface area contributed by atoms with Gasteiger partial charge in [-0.1, -0.05) is 26.7 Å². The van der Waals surface area contributed by atoms with Crippen LogP contribution in [0.2, 0.25) is 0 Å². The molecule has 0 saturated heterocycles. The summed E-state index contributed by atoms with van der Waals surface area (Å²) in [6.45, 7) is 7.17. The van der Waals surface area contributed by atoms with Crippen LogP contribution in [0.25, 0.3) is 22.3 Å². The van der Waals surface area contributed by atoms with Gasteiger partial charge >= 0.3 is 5.97 Å². The molecule has 0 fully saturated rings. The van der Waals surface area contributed by atoms with Crippen LogP contribution in [0.1, 0.15) is 74.8 Å². The number of aryl methyl sites for hydroxylation is 2. The van der Waals surface area contributed by atoms with Gasteiger partial charge in [0.2, 0.25) is 17.7 Å². The summed E-state index contributed by atoms with van der Waals surface area (Å²) in [6.07, 6.45) is 7.51. The van der Waals surface area contributed by atoms with Crippen LogP contribution < -0.4 is 21.5 Å². The zero-order valence-corrected chi connectivity index (χ0v) is 28.6. The highest BCUT2D eigenvalue weighted by Gasteiger charge is 2.45. The minimum absolute atomic E-state index is 0.0437. The summed E-state index contributed by atoms with van der Waals surface area (Å²) in [4.78, 5) is 70.2. The number of fused-ring (bicyclic) bond motifs is 5. The summed E-state index contributed by atoms with van der Waals surface area (Å²) >= 11 is 0. The maximum Gasteiger partial charge on any atom is 0.343 e. The number of amides is 3. The van der Waals surface area contributed by atoms with Crippen molar-refractivity contribution >= 4 is 40.3 Å². The largest absolute Gasteiger partial charge is 0.458 e. The molecule has 4 heterocycles. The van der Waals surface area contributed by atoms with Gasteiger partial charge in [-0.15, -0.1) is 6.42 Å². The van der Waals surface area contributed by atoms with E-state index < -0.39 is 35.5 Å². The number of hydrogen-bond donors (Lipinski definition) is 4. The van der Waals surface area contributed by atoms with Crippen LogP contribution in [0.5, 0.6) is 0 Å². The predicted molar refractivity (Wildman–Crippen MR) is 184 cm³/mol. The summed E-state index contributed by atoms with van der Waals surface area (Å²) in [5, 5.41) is 20.6. The van der Waals surface area contributed by atoms with Crippen molar-refractivity contribution in [2.45, 2.75) is 90.6 Å². The minimum Gasteiger partial charge on any atom is -0.458 e. The van der Waals surface area contributed by atoms with E-state index in [1.165, 1.54) is 0 Å². The van der Waals surface area contributed by atoms with Crippen molar-refractivity contribution in [1.29, 1.82) is 0 Å². The third kappa shape index (κ3) is 6.03. The number of cyclic esters (lactones) is 1. The second kappa shape index (κ2) is 13.7. The molecule has 0 radical (unpaired) electrons. The van der Waals surface area contributed by atoms with Gasteiger partial charge in [-0.2, -0.15) is 0 Å². The van der Waals surface area contributed by atoms with Crippen molar-refractivity contribution in [1.82, 2.24) is 20.2 Å². The molecule has 2 aromatic heterocycles. The van der Waals surface area contributed by atoms with Gasteiger partial charge < -0.3 is 35.1 Å². The molecule has 2 aliphatic heterocycles. The Labute approximate surface area is 289 Å². The number of rotatable bonds is 11. The highest BCUT2D eigenvalue weighted by atomic mass is 16.6. The third-order valence-corrected chi connectivity index (χ3v) is 9.86. The van der Waals surface area contributed by atoms with Gasteiger partial charge in [0.25, 0.3) is 5.56 Å². The van der Waals surface area contributed by atoms with Crippen molar-refractivity contribution in [2.75, 3.05) is 18.5 Å². The first-order valence-corrected chi connectivity index (χ1v) is 17.0. The fourth-order valence-electron chi connectivity index (χ4n) is 7.12. The fourth-order valence-corrected chi connectivity index (χ4v) is 7.12. The maximum absolute atomic E-state index is 13.7. The lowest BCUT2D eigenvalue weighted by Crippen LogP contribution is -2.53. The first-order valence-electron chi connectivity index (χ1n) is 17.0. The number of ether oxygens (including phenoxy) is 2. The number of hydrogen-bond acceptors (Lipinski definition) is 9. The van der Waals surface area contributed by atoms with E-state index in [1.54, 1.807) is 44.4 Å². The quantitative estimate of drug-likeness (QED) is 0.105. The molecule has 6 rings (SSSR count). The summed E-state index contributed by atoms with van der Waals surface area (Å²) in [6, 6.07) is 3.56. The average molecular weight is 684 g/mol. The number of nitrogens with zero attached hydrogens (tertiary/aromatic N) is 2. The Balaban J connectivity index is 1.24. The summed E-state index contributed by atoms with van der Waals surface area (Å²) < 4.78 is 12.0. The molecule has 13 heteroatoms. The number of anilines is 1. The standard InChI is InChI=1S/C37H41N5O8/c1-6-14-49-15-13-29(43)41-31(19(3)4)34(45)38-20(5)33(44)40-26-11-12-27-30-21(9-8-10-22(26)30)23-17-42-28(32(23)39-27)16-25-24(35(42)46)18-50-36(47)37(25,48)7-2/h1,11-12,16,19-20,31,48H,7-10,13-15,17-18H2,2-5H3,(H,38,45)(H,40,44)(H,41,43)/t20-,31-,37-/m0/s1. The van der Waals surface area contributed by atoms with Crippen LogP contribution >= 0.6 is 0 Å². The number of esters is 1. The van der Waals surface area contributed by atoms with Crippen LogP contribution in [-0.2, 0) is 60.2 Å². The van der Waals surface area contributed by atoms with E-state index in [1.807, 2.05) is 6.07 Å². The zero-order valence-electron chi connectivity index (χ0n) is 28.6. The fraction of sp³-hybridized carbons (Fsp3) is 0.459. The lowest BCUT2D eigenvalue weighted by Gasteiger charge is -2.31. The molecular formula is C37H41N5O8. The molecule has 262 valence electrons. The van der Waals surface area contributed by atoms with E-state index in [4.69, 9.17) is 20.9 Å². The number of aromatic nitrogens is 2. The van der Waals surface area contributed by atoms with Crippen molar-refractivity contribution in [3.63, 3.8) is 0 Å². The minimum atomic E-state index is -1.91. The molecule has 0 saturated carbocycles. The Bertz CT molecular complexity index is 2030. The van der Waals surface area contributed by atoms with E-state index in [0.29, 0.717) is 29.0 Å². The van der Waals surface area contributed by atoms with Crippen molar-refractivity contribution in [2.24, 2.45) is 5.92 Å². The van der Waals surface area contributed by atoms with Crippen molar-refractivity contribution < 1.29 is 33.8 Å². The highest BCUT2D eigenvalue weighted by Crippen LogP contribution is 2.43. The van der Waals surface area contributed by atoms with E-state index in [2.05, 4.69) is 21.9 Å². The SMILES string of the molecule is C#CCOCCC(=O)N[C@H](C(=O)N[C@@H](C)C(=O)Nc1ccc2nc3c(c4c2c1CCC4)Cn1c-3cc2c(c1=O)COC(=O)[C@]2(O)CC)C(C)C. The van der Waals surface area contributed by atoms with Gasteiger partial charge in [0, 0.05) is 22.2 Å². The van der Waals surface area contributed by atoms with Gasteiger partial charge in [0.05, 0.1) is 42.0 Å². The second-order valence-electron chi connectivity index (χ2n) is 13.4. The monoisotopic (exact) mass is 683 g/mol. The van der Waals surface area contributed by atoms with Gasteiger partial charge in [-0.25, -0.2) is 9.78 Å². The lowest BCUT2D eigenvalue weighted by atomic mass is 9.85. The summed E-state index contributed by atoms with van der Waals surface area (Å²) in [7, 11) is 0. The Morgan fingerprint density at radius 1 is 1.10 bits per heavy atom. The molecule has 0 unspecified atom stereocenters. The first-order chi connectivity index (χ1) is 23.9. The molecule has 3 atom stereocenters. The van der Waals surface area contributed by atoms with Gasteiger partial charge in [-0.3, -0.25) is 19.2 Å².